The number of aromatic nitrogens is 5. The summed E-state index contributed by atoms with van der Waals surface area (Å²) in [5.74, 6) is 1.84. The third kappa shape index (κ3) is 5.12. The first-order valence-electron chi connectivity index (χ1n) is 19.5. The fourth-order valence-corrected chi connectivity index (χ4v) is 9.78. The van der Waals surface area contributed by atoms with Crippen molar-refractivity contribution in [3.8, 4) is 45.5 Å². The van der Waals surface area contributed by atoms with E-state index < -0.39 is 0 Å². The molecule has 0 aliphatic carbocycles. The van der Waals surface area contributed by atoms with E-state index in [9.17, 15) is 0 Å². The van der Waals surface area contributed by atoms with E-state index in [1.807, 2.05) is 11.3 Å². The number of benzene rings is 8. The fraction of sp³-hybridized carbons (Fsp3) is 0.0192. The van der Waals surface area contributed by atoms with Gasteiger partial charge in [0.15, 0.2) is 11.6 Å². The average molecular weight is 760 g/mol. The van der Waals surface area contributed by atoms with Gasteiger partial charge in [-0.3, -0.25) is 4.57 Å². The van der Waals surface area contributed by atoms with Crippen LogP contribution in [0.4, 0.5) is 0 Å². The molecule has 0 spiro atoms. The molecule has 5 nitrogen and oxygen atoms in total. The van der Waals surface area contributed by atoms with Crippen molar-refractivity contribution in [2.45, 2.75) is 6.92 Å². The maximum Gasteiger partial charge on any atom is 0.238 e. The predicted octanol–water partition coefficient (Wildman–Crippen LogP) is 13.7. The lowest BCUT2D eigenvalue weighted by Crippen LogP contribution is -2.06. The number of fused-ring (bicyclic) bond motifs is 9. The van der Waals surface area contributed by atoms with E-state index in [1.54, 1.807) is 0 Å². The van der Waals surface area contributed by atoms with Crippen molar-refractivity contribution in [1.29, 1.82) is 0 Å². The highest BCUT2D eigenvalue weighted by Gasteiger charge is 2.21. The van der Waals surface area contributed by atoms with Crippen LogP contribution in [0.2, 0.25) is 0 Å². The zero-order valence-corrected chi connectivity index (χ0v) is 32.3. The molecule has 0 aliphatic rings. The smallest absolute Gasteiger partial charge is 0.238 e. The Morgan fingerprint density at radius 1 is 0.362 bits per heavy atom. The van der Waals surface area contributed by atoms with Gasteiger partial charge >= 0.3 is 0 Å². The molecule has 4 aromatic heterocycles. The molecule has 12 aromatic rings. The van der Waals surface area contributed by atoms with Gasteiger partial charge < -0.3 is 4.57 Å². The van der Waals surface area contributed by atoms with Gasteiger partial charge in [0, 0.05) is 58.5 Å². The number of hydrogen-bond donors (Lipinski definition) is 0. The molecule has 0 atom stereocenters. The van der Waals surface area contributed by atoms with Crippen molar-refractivity contribution in [3.63, 3.8) is 0 Å². The lowest BCUT2D eigenvalue weighted by atomic mass is 10.0. The summed E-state index contributed by atoms with van der Waals surface area (Å²) in [5.41, 5.74) is 10.9. The lowest BCUT2D eigenvalue weighted by molar-refractivity contribution is 0.954. The number of thiophene rings is 1. The zero-order chi connectivity index (χ0) is 38.3. The van der Waals surface area contributed by atoms with Crippen molar-refractivity contribution in [3.05, 3.63) is 188 Å². The SMILES string of the molecule is Cc1ccc(-c2nc(-c3ccc4c(c3)c3ccccc3n4-c3ccccc3)nc(-n3c4ccc(-c5ccccc5)cc4c4cc5c(cc43)sc3ccccc35)n2)cc1. The number of para-hydroxylation sites is 2. The average Bonchev–Trinajstić information content (AvgIpc) is 3.93. The molecule has 272 valence electrons. The minimum atomic E-state index is 0.584. The van der Waals surface area contributed by atoms with Crippen LogP contribution in [0.3, 0.4) is 0 Å². The van der Waals surface area contributed by atoms with E-state index in [0.29, 0.717) is 17.6 Å². The topological polar surface area (TPSA) is 48.5 Å². The van der Waals surface area contributed by atoms with Crippen LogP contribution in [0.1, 0.15) is 5.56 Å². The molecule has 0 amide bonds. The number of aryl methyl sites for hydroxylation is 1. The van der Waals surface area contributed by atoms with Gasteiger partial charge in [-0.1, -0.05) is 121 Å². The van der Waals surface area contributed by atoms with Gasteiger partial charge in [0.25, 0.3) is 0 Å². The van der Waals surface area contributed by atoms with Crippen LogP contribution in [0, 0.1) is 6.92 Å². The second kappa shape index (κ2) is 12.8. The monoisotopic (exact) mass is 759 g/mol. The Kier molecular flexibility index (Phi) is 7.25. The molecule has 8 aromatic carbocycles. The molecule has 0 saturated carbocycles. The molecule has 4 heterocycles. The minimum absolute atomic E-state index is 0.584. The Hall–Kier alpha value is -7.41. The molecular weight excluding hydrogens is 727 g/mol. The Balaban J connectivity index is 1.14. The van der Waals surface area contributed by atoms with E-state index >= 15 is 0 Å². The minimum Gasteiger partial charge on any atom is -0.309 e. The van der Waals surface area contributed by atoms with E-state index in [0.717, 1.165) is 55.0 Å². The third-order valence-electron chi connectivity index (χ3n) is 11.4. The number of rotatable bonds is 5. The van der Waals surface area contributed by atoms with E-state index in [4.69, 9.17) is 15.0 Å². The van der Waals surface area contributed by atoms with Crippen molar-refractivity contribution in [1.82, 2.24) is 24.1 Å². The summed E-state index contributed by atoms with van der Waals surface area (Å²) in [7, 11) is 0. The van der Waals surface area contributed by atoms with E-state index in [-0.39, 0.29) is 0 Å². The maximum atomic E-state index is 5.38. The first kappa shape index (κ1) is 32.8. The van der Waals surface area contributed by atoms with Crippen LogP contribution in [0.25, 0.3) is 109 Å². The Morgan fingerprint density at radius 3 is 1.76 bits per heavy atom. The molecule has 0 unspecified atom stereocenters. The van der Waals surface area contributed by atoms with Crippen LogP contribution in [-0.4, -0.2) is 24.1 Å². The molecule has 0 aliphatic heterocycles. The second-order valence-electron chi connectivity index (χ2n) is 15.0. The quantitative estimate of drug-likeness (QED) is 0.176. The van der Waals surface area contributed by atoms with E-state index in [1.165, 1.54) is 42.2 Å². The molecule has 12 rings (SSSR count). The van der Waals surface area contributed by atoms with Crippen LogP contribution in [0.5, 0.6) is 0 Å². The van der Waals surface area contributed by atoms with Gasteiger partial charge in [0.1, 0.15) is 0 Å². The highest BCUT2D eigenvalue weighted by molar-refractivity contribution is 7.25. The van der Waals surface area contributed by atoms with Gasteiger partial charge in [-0.05, 0) is 84.8 Å². The number of nitrogens with zero attached hydrogens (tertiary/aromatic N) is 5. The van der Waals surface area contributed by atoms with Crippen molar-refractivity contribution >= 4 is 75.1 Å². The molecule has 0 saturated heterocycles. The summed E-state index contributed by atoms with van der Waals surface area (Å²) in [6.45, 7) is 2.10. The summed E-state index contributed by atoms with van der Waals surface area (Å²) >= 11 is 1.83. The standard InChI is InChI=1S/C52H33N5S/c1-32-20-22-34(23-21-32)50-53-51(36-25-27-45-40(29-36)38-16-8-10-18-44(38)56(45)37-14-6-3-7-15-37)55-52(54-50)57-46-26-24-35(33-12-4-2-5-13-33)28-41(46)42-30-43-39-17-9-11-19-48(39)58-49(43)31-47(42)57/h2-31H,1H3. The normalized spacial score (nSPS) is 11.9. The van der Waals surface area contributed by atoms with Crippen LogP contribution in [0.15, 0.2) is 182 Å². The van der Waals surface area contributed by atoms with Crippen LogP contribution < -0.4 is 0 Å². The molecule has 0 N–H and O–H groups in total. The van der Waals surface area contributed by atoms with Gasteiger partial charge in [-0.2, -0.15) is 9.97 Å². The van der Waals surface area contributed by atoms with Gasteiger partial charge in [0.05, 0.1) is 22.1 Å². The van der Waals surface area contributed by atoms with Crippen molar-refractivity contribution < 1.29 is 0 Å². The van der Waals surface area contributed by atoms with Crippen molar-refractivity contribution in [2.24, 2.45) is 0 Å². The number of hydrogen-bond acceptors (Lipinski definition) is 4. The second-order valence-corrected chi connectivity index (χ2v) is 16.0. The molecule has 58 heavy (non-hydrogen) atoms. The highest BCUT2D eigenvalue weighted by Crippen LogP contribution is 2.42. The van der Waals surface area contributed by atoms with Gasteiger partial charge in [-0.25, -0.2) is 4.98 Å². The molecular formula is C52H33N5S. The molecule has 0 bridgehead atoms. The summed E-state index contributed by atoms with van der Waals surface area (Å²) in [6, 6.07) is 65.0. The largest absolute Gasteiger partial charge is 0.309 e. The fourth-order valence-electron chi connectivity index (χ4n) is 8.66. The molecule has 0 radical (unpaired) electrons. The summed E-state index contributed by atoms with van der Waals surface area (Å²) in [4.78, 5) is 15.9. The molecule has 0 fully saturated rings. The zero-order valence-electron chi connectivity index (χ0n) is 31.5. The Labute approximate surface area is 337 Å². The van der Waals surface area contributed by atoms with Crippen molar-refractivity contribution in [2.75, 3.05) is 0 Å². The first-order valence-corrected chi connectivity index (χ1v) is 20.3. The lowest BCUT2D eigenvalue weighted by Gasteiger charge is -2.12. The summed E-state index contributed by atoms with van der Waals surface area (Å²) in [5, 5.41) is 7.18. The van der Waals surface area contributed by atoms with Crippen LogP contribution in [-0.2, 0) is 0 Å². The Morgan fingerprint density at radius 2 is 0.948 bits per heavy atom. The third-order valence-corrected chi connectivity index (χ3v) is 12.6. The summed E-state index contributed by atoms with van der Waals surface area (Å²) in [6.07, 6.45) is 0. The highest BCUT2D eigenvalue weighted by atomic mass is 32.1. The molecule has 6 heteroatoms. The maximum absolute atomic E-state index is 5.38. The van der Waals surface area contributed by atoms with E-state index in [2.05, 4.69) is 198 Å². The first-order chi connectivity index (χ1) is 28.6. The Bertz CT molecular complexity index is 3560. The summed E-state index contributed by atoms with van der Waals surface area (Å²) < 4.78 is 7.08. The van der Waals surface area contributed by atoms with Gasteiger partial charge in [-0.15, -0.1) is 11.3 Å². The predicted molar refractivity (Wildman–Crippen MR) is 242 cm³/mol. The van der Waals surface area contributed by atoms with Crippen LogP contribution >= 0.6 is 11.3 Å². The van der Waals surface area contributed by atoms with Gasteiger partial charge in [0.2, 0.25) is 5.95 Å².